The molecule has 1 unspecified atom stereocenters. The Morgan fingerprint density at radius 1 is 1.30 bits per heavy atom. The lowest BCUT2D eigenvalue weighted by molar-refractivity contribution is 0.517. The van der Waals surface area contributed by atoms with Gasteiger partial charge in [-0.3, -0.25) is 9.36 Å². The Morgan fingerprint density at radius 3 is 2.70 bits per heavy atom. The summed E-state index contributed by atoms with van der Waals surface area (Å²) in [6.07, 6.45) is 0.275. The van der Waals surface area contributed by atoms with Crippen LogP contribution in [0.2, 0.25) is 5.02 Å². The fourth-order valence-corrected chi connectivity index (χ4v) is 4.38. The molecule has 6 nitrogen and oxygen atoms in total. The Morgan fingerprint density at radius 2 is 2.05 bits per heavy atom. The molecule has 2 aromatic rings. The number of sulfone groups is 1. The molecular weight excluding hydrogens is 304 g/mol. The number of aromatic amines is 1. The molecule has 2 heterocycles. The fraction of sp³-hybridized carbons (Fsp3) is 0.333. The van der Waals surface area contributed by atoms with Gasteiger partial charge in [-0.05, 0) is 24.6 Å². The second-order valence-electron chi connectivity index (χ2n) is 4.85. The van der Waals surface area contributed by atoms with Crippen molar-refractivity contribution in [3.63, 3.8) is 0 Å². The summed E-state index contributed by atoms with van der Waals surface area (Å²) >= 11 is 5.85. The van der Waals surface area contributed by atoms with Gasteiger partial charge >= 0.3 is 5.69 Å². The molecule has 106 valence electrons. The quantitative estimate of drug-likeness (QED) is 0.839. The predicted molar refractivity (Wildman–Crippen MR) is 76.1 cm³/mol. The van der Waals surface area contributed by atoms with Crippen LogP contribution in [0.3, 0.4) is 0 Å². The van der Waals surface area contributed by atoms with E-state index in [1.54, 1.807) is 12.1 Å². The Hall–Kier alpha value is -1.60. The maximum Gasteiger partial charge on any atom is 0.329 e. The van der Waals surface area contributed by atoms with Crippen molar-refractivity contribution in [2.75, 3.05) is 11.5 Å². The lowest BCUT2D eigenvalue weighted by Gasteiger charge is -2.11. The van der Waals surface area contributed by atoms with E-state index in [4.69, 9.17) is 11.6 Å². The maximum absolute atomic E-state index is 12.4. The minimum atomic E-state index is -3.18. The minimum absolute atomic E-state index is 0.00285. The predicted octanol–water partition coefficient (Wildman–Crippen LogP) is 0.703. The highest BCUT2D eigenvalue weighted by atomic mass is 35.5. The van der Waals surface area contributed by atoms with E-state index in [9.17, 15) is 18.0 Å². The largest absolute Gasteiger partial charge is 0.329 e. The number of nitrogens with zero attached hydrogens (tertiary/aromatic N) is 1. The van der Waals surface area contributed by atoms with E-state index in [1.807, 2.05) is 0 Å². The van der Waals surface area contributed by atoms with Crippen LogP contribution in [0.1, 0.15) is 12.5 Å². The van der Waals surface area contributed by atoms with E-state index in [2.05, 4.69) is 4.98 Å². The van der Waals surface area contributed by atoms with Gasteiger partial charge in [-0.2, -0.15) is 0 Å². The summed E-state index contributed by atoms with van der Waals surface area (Å²) in [7, 11) is -3.18. The normalized spacial score (nSPS) is 21.4. The molecular formula is C12H11ClN2O4S. The summed E-state index contributed by atoms with van der Waals surface area (Å²) in [6, 6.07) is 3.98. The summed E-state index contributed by atoms with van der Waals surface area (Å²) in [5.41, 5.74) is -0.707. The summed E-state index contributed by atoms with van der Waals surface area (Å²) in [5, 5.41) is 0.661. The van der Waals surface area contributed by atoms with E-state index in [1.165, 1.54) is 6.07 Å². The molecule has 1 aliphatic heterocycles. The second kappa shape index (κ2) is 4.46. The number of halogens is 1. The third-order valence-electron chi connectivity index (χ3n) is 3.46. The lowest BCUT2D eigenvalue weighted by atomic mass is 10.2. The van der Waals surface area contributed by atoms with E-state index in [0.29, 0.717) is 10.5 Å². The molecule has 0 bridgehead atoms. The Kier molecular flexibility index (Phi) is 2.98. The Labute approximate surface area is 118 Å². The van der Waals surface area contributed by atoms with Crippen LogP contribution in [-0.2, 0) is 9.84 Å². The zero-order chi connectivity index (χ0) is 14.5. The van der Waals surface area contributed by atoms with Crippen LogP contribution in [0, 0.1) is 0 Å². The van der Waals surface area contributed by atoms with Crippen molar-refractivity contribution >= 4 is 32.3 Å². The van der Waals surface area contributed by atoms with Crippen LogP contribution < -0.4 is 11.2 Å². The number of benzene rings is 1. The van der Waals surface area contributed by atoms with E-state index in [-0.39, 0.29) is 23.3 Å². The Bertz CT molecular complexity index is 913. The molecule has 1 aromatic heterocycles. The average molecular weight is 315 g/mol. The van der Waals surface area contributed by atoms with Crippen molar-refractivity contribution in [2.45, 2.75) is 12.5 Å². The van der Waals surface area contributed by atoms with Crippen LogP contribution in [0.25, 0.3) is 10.9 Å². The molecule has 8 heteroatoms. The van der Waals surface area contributed by atoms with Crippen LogP contribution in [0.4, 0.5) is 0 Å². The van der Waals surface area contributed by atoms with Crippen LogP contribution in [0.15, 0.2) is 27.8 Å². The first-order valence-corrected chi connectivity index (χ1v) is 8.22. The third-order valence-corrected chi connectivity index (χ3v) is 5.45. The molecule has 1 atom stereocenters. The standard InChI is InChI=1S/C12H11ClN2O4S/c13-7-1-2-10-9(5-7)11(16)15(12(17)14-10)8-3-4-20(18,19)6-8/h1-2,5,8H,3-4,6H2,(H,14,17). The van der Waals surface area contributed by atoms with Gasteiger partial charge in [-0.25, -0.2) is 13.2 Å². The molecule has 1 aliphatic rings. The number of hydrogen-bond acceptors (Lipinski definition) is 4. The summed E-state index contributed by atoms with van der Waals surface area (Å²) in [5.74, 6) is -0.181. The van der Waals surface area contributed by atoms with Crippen LogP contribution in [-0.4, -0.2) is 29.5 Å². The number of nitrogens with one attached hydrogen (secondary N) is 1. The van der Waals surface area contributed by atoms with E-state index in [0.717, 1.165) is 4.57 Å². The van der Waals surface area contributed by atoms with Crippen LogP contribution >= 0.6 is 11.6 Å². The SMILES string of the molecule is O=c1[nH]c2ccc(Cl)cc2c(=O)n1C1CCS(=O)(=O)C1. The van der Waals surface area contributed by atoms with Gasteiger partial charge < -0.3 is 4.98 Å². The smallest absolute Gasteiger partial charge is 0.307 e. The first-order chi connectivity index (χ1) is 9.37. The summed E-state index contributed by atoms with van der Waals surface area (Å²) in [4.78, 5) is 27.0. The molecule has 20 heavy (non-hydrogen) atoms. The molecule has 3 rings (SSSR count). The highest BCUT2D eigenvalue weighted by Crippen LogP contribution is 2.21. The number of fused-ring (bicyclic) bond motifs is 1. The van der Waals surface area contributed by atoms with Gasteiger partial charge in [0.1, 0.15) is 0 Å². The molecule has 1 N–H and O–H groups in total. The van der Waals surface area contributed by atoms with Crippen molar-refractivity contribution in [3.05, 3.63) is 44.1 Å². The minimum Gasteiger partial charge on any atom is -0.307 e. The van der Waals surface area contributed by atoms with Crippen LogP contribution in [0.5, 0.6) is 0 Å². The monoisotopic (exact) mass is 314 g/mol. The molecule has 0 radical (unpaired) electrons. The third kappa shape index (κ3) is 2.16. The van der Waals surface area contributed by atoms with Crippen molar-refractivity contribution in [2.24, 2.45) is 0 Å². The zero-order valence-corrected chi connectivity index (χ0v) is 11.9. The second-order valence-corrected chi connectivity index (χ2v) is 7.52. The lowest BCUT2D eigenvalue weighted by Crippen LogP contribution is -2.38. The van der Waals surface area contributed by atoms with Gasteiger partial charge in [0.2, 0.25) is 0 Å². The summed E-state index contributed by atoms with van der Waals surface area (Å²) < 4.78 is 24.0. The van der Waals surface area contributed by atoms with E-state index >= 15 is 0 Å². The van der Waals surface area contributed by atoms with Crippen molar-refractivity contribution < 1.29 is 8.42 Å². The van der Waals surface area contributed by atoms with Crippen molar-refractivity contribution in [3.8, 4) is 0 Å². The first-order valence-electron chi connectivity index (χ1n) is 6.02. The molecule has 0 amide bonds. The molecule has 0 aliphatic carbocycles. The van der Waals surface area contributed by atoms with Crippen molar-refractivity contribution in [1.29, 1.82) is 0 Å². The fourth-order valence-electron chi connectivity index (χ4n) is 2.51. The van der Waals surface area contributed by atoms with Gasteiger partial charge in [-0.1, -0.05) is 11.6 Å². The summed E-state index contributed by atoms with van der Waals surface area (Å²) in [6.45, 7) is 0. The number of H-pyrrole nitrogens is 1. The molecule has 1 saturated heterocycles. The molecule has 1 aromatic carbocycles. The average Bonchev–Trinajstić information content (AvgIpc) is 2.71. The molecule has 0 saturated carbocycles. The van der Waals surface area contributed by atoms with Gasteiger partial charge in [0, 0.05) is 5.02 Å². The highest BCUT2D eigenvalue weighted by Gasteiger charge is 2.31. The number of aromatic nitrogens is 2. The molecule has 1 fully saturated rings. The maximum atomic E-state index is 12.4. The van der Waals surface area contributed by atoms with Gasteiger partial charge in [0.25, 0.3) is 5.56 Å². The molecule has 0 spiro atoms. The van der Waals surface area contributed by atoms with Gasteiger partial charge in [0.15, 0.2) is 9.84 Å². The zero-order valence-electron chi connectivity index (χ0n) is 10.3. The topological polar surface area (TPSA) is 89.0 Å². The van der Waals surface area contributed by atoms with Gasteiger partial charge in [-0.15, -0.1) is 0 Å². The Balaban J connectivity index is 2.27. The number of rotatable bonds is 1. The van der Waals surface area contributed by atoms with Gasteiger partial charge in [0.05, 0.1) is 28.5 Å². The number of hydrogen-bond donors (Lipinski definition) is 1. The first kappa shape index (κ1) is 13.4. The highest BCUT2D eigenvalue weighted by molar-refractivity contribution is 7.91. The van der Waals surface area contributed by atoms with Crippen molar-refractivity contribution in [1.82, 2.24) is 9.55 Å². The van der Waals surface area contributed by atoms with E-state index < -0.39 is 27.1 Å².